The topological polar surface area (TPSA) is 105 Å². The first-order valence-corrected chi connectivity index (χ1v) is 9.91. The summed E-state index contributed by atoms with van der Waals surface area (Å²) in [6.07, 6.45) is 2.79. The maximum atomic E-state index is 12.3. The van der Waals surface area contributed by atoms with Gasteiger partial charge in [0.1, 0.15) is 0 Å². The van der Waals surface area contributed by atoms with Gasteiger partial charge in [-0.05, 0) is 59.8 Å². The Labute approximate surface area is 152 Å². The lowest BCUT2D eigenvalue weighted by atomic mass is 9.95. The number of nitrogens with two attached hydrogens (primary N) is 1. The van der Waals surface area contributed by atoms with E-state index in [-0.39, 0.29) is 16.7 Å². The molecule has 0 bridgehead atoms. The Bertz CT molecular complexity index is 1020. The Morgan fingerprint density at radius 1 is 1.15 bits per heavy atom. The molecule has 0 saturated carbocycles. The van der Waals surface area contributed by atoms with Crippen LogP contribution in [-0.4, -0.2) is 25.9 Å². The summed E-state index contributed by atoms with van der Waals surface area (Å²) in [4.78, 5) is 15.5. The lowest BCUT2D eigenvalue weighted by molar-refractivity contribution is 0.0951. The maximum Gasteiger partial charge on any atom is 0.251 e. The summed E-state index contributed by atoms with van der Waals surface area (Å²) in [6.45, 7) is 2.58. The van der Waals surface area contributed by atoms with Crippen molar-refractivity contribution in [3.8, 4) is 0 Å². The number of aromatic nitrogens is 1. The van der Waals surface area contributed by atoms with Crippen LogP contribution >= 0.6 is 0 Å². The number of hydrogen-bond acceptors (Lipinski definition) is 3. The molecular formula is C19H21N3O3S. The van der Waals surface area contributed by atoms with Gasteiger partial charge in [-0.15, -0.1) is 0 Å². The number of aromatic amines is 1. The van der Waals surface area contributed by atoms with Crippen molar-refractivity contribution in [1.29, 1.82) is 0 Å². The highest BCUT2D eigenvalue weighted by Crippen LogP contribution is 2.23. The third-order valence-corrected chi connectivity index (χ3v) is 5.42. The lowest BCUT2D eigenvalue weighted by Crippen LogP contribution is -2.28. The highest BCUT2D eigenvalue weighted by molar-refractivity contribution is 7.89. The van der Waals surface area contributed by atoms with Gasteiger partial charge in [0, 0.05) is 29.7 Å². The molecule has 0 unspecified atom stereocenters. The number of carbonyl (C=O) groups is 1. The smallest absolute Gasteiger partial charge is 0.251 e. The molecule has 0 aliphatic heterocycles. The lowest BCUT2D eigenvalue weighted by Gasteiger charge is -2.16. The number of carbonyl (C=O) groups excluding carboxylic acids is 1. The van der Waals surface area contributed by atoms with Gasteiger partial charge in [0.2, 0.25) is 10.0 Å². The monoisotopic (exact) mass is 371 g/mol. The molecule has 0 radical (unpaired) electrons. The fraction of sp³-hybridized carbons (Fsp3) is 0.211. The predicted molar refractivity (Wildman–Crippen MR) is 101 cm³/mol. The van der Waals surface area contributed by atoms with E-state index in [4.69, 9.17) is 5.14 Å². The van der Waals surface area contributed by atoms with Gasteiger partial charge in [-0.2, -0.15) is 0 Å². The molecule has 0 spiro atoms. The van der Waals surface area contributed by atoms with Crippen LogP contribution in [0.5, 0.6) is 0 Å². The number of amides is 1. The minimum Gasteiger partial charge on any atom is -0.361 e. The van der Waals surface area contributed by atoms with Crippen molar-refractivity contribution < 1.29 is 13.2 Å². The summed E-state index contributed by atoms with van der Waals surface area (Å²) in [5, 5.41) is 9.13. The maximum absolute atomic E-state index is 12.3. The third kappa shape index (κ3) is 3.95. The molecule has 1 aromatic heterocycles. The first-order valence-electron chi connectivity index (χ1n) is 8.36. The molecule has 6 nitrogen and oxygen atoms in total. The van der Waals surface area contributed by atoms with E-state index in [1.54, 1.807) is 0 Å². The second-order valence-corrected chi connectivity index (χ2v) is 7.77. The SMILES string of the molecule is CC[C@H](CNC(=O)c1ccc(S(N)(=O)=O)cc1)c1ccc2[nH]ccc2c1. The van der Waals surface area contributed by atoms with Crippen LogP contribution in [-0.2, 0) is 10.0 Å². The molecule has 0 aliphatic carbocycles. The van der Waals surface area contributed by atoms with E-state index in [0.717, 1.165) is 17.3 Å². The van der Waals surface area contributed by atoms with Gasteiger partial charge in [-0.3, -0.25) is 4.79 Å². The molecule has 136 valence electrons. The number of H-pyrrole nitrogens is 1. The molecule has 3 aromatic rings. The average Bonchev–Trinajstić information content (AvgIpc) is 3.09. The fourth-order valence-corrected chi connectivity index (χ4v) is 3.45. The van der Waals surface area contributed by atoms with Crippen LogP contribution < -0.4 is 10.5 Å². The largest absolute Gasteiger partial charge is 0.361 e. The zero-order chi connectivity index (χ0) is 18.7. The molecule has 3 rings (SSSR count). The first kappa shape index (κ1) is 18.2. The average molecular weight is 371 g/mol. The minimum atomic E-state index is -3.76. The van der Waals surface area contributed by atoms with Gasteiger partial charge < -0.3 is 10.3 Å². The van der Waals surface area contributed by atoms with E-state index < -0.39 is 10.0 Å². The molecule has 1 amide bonds. The molecule has 2 aromatic carbocycles. The third-order valence-electron chi connectivity index (χ3n) is 4.50. The normalized spacial score (nSPS) is 12.8. The van der Waals surface area contributed by atoms with Crippen molar-refractivity contribution in [3.05, 3.63) is 65.9 Å². The molecule has 0 aliphatic rings. The highest BCUT2D eigenvalue weighted by Gasteiger charge is 2.14. The highest BCUT2D eigenvalue weighted by atomic mass is 32.2. The van der Waals surface area contributed by atoms with Crippen LogP contribution in [0.1, 0.15) is 35.2 Å². The second kappa shape index (κ2) is 7.31. The summed E-state index contributed by atoms with van der Waals surface area (Å²) < 4.78 is 22.5. The Morgan fingerprint density at radius 3 is 2.54 bits per heavy atom. The molecule has 4 N–H and O–H groups in total. The van der Waals surface area contributed by atoms with Crippen molar-refractivity contribution >= 4 is 26.8 Å². The Kier molecular flexibility index (Phi) is 5.11. The van der Waals surface area contributed by atoms with Crippen LogP contribution in [0.15, 0.2) is 59.6 Å². The van der Waals surface area contributed by atoms with E-state index in [2.05, 4.69) is 29.4 Å². The summed E-state index contributed by atoms with van der Waals surface area (Å²) in [5.41, 5.74) is 2.65. The molecule has 26 heavy (non-hydrogen) atoms. The van der Waals surface area contributed by atoms with E-state index in [9.17, 15) is 13.2 Å². The second-order valence-electron chi connectivity index (χ2n) is 6.21. The van der Waals surface area contributed by atoms with Crippen LogP contribution in [0.25, 0.3) is 10.9 Å². The van der Waals surface area contributed by atoms with Gasteiger partial charge in [0.05, 0.1) is 4.90 Å². The number of hydrogen-bond donors (Lipinski definition) is 3. The van der Waals surface area contributed by atoms with E-state index in [1.807, 2.05) is 18.3 Å². The van der Waals surface area contributed by atoms with E-state index in [0.29, 0.717) is 12.1 Å². The number of fused-ring (bicyclic) bond motifs is 1. The minimum absolute atomic E-state index is 0.0136. The summed E-state index contributed by atoms with van der Waals surface area (Å²) in [6, 6.07) is 13.9. The number of nitrogens with one attached hydrogen (secondary N) is 2. The van der Waals surface area contributed by atoms with Gasteiger partial charge in [-0.1, -0.05) is 13.0 Å². The van der Waals surface area contributed by atoms with Crippen molar-refractivity contribution in [3.63, 3.8) is 0 Å². The van der Waals surface area contributed by atoms with Crippen molar-refractivity contribution in [2.24, 2.45) is 5.14 Å². The molecule has 0 saturated heterocycles. The molecule has 0 fully saturated rings. The molecular weight excluding hydrogens is 350 g/mol. The Hall–Kier alpha value is -2.64. The zero-order valence-electron chi connectivity index (χ0n) is 14.4. The van der Waals surface area contributed by atoms with Crippen molar-refractivity contribution in [2.75, 3.05) is 6.54 Å². The Balaban J connectivity index is 1.68. The van der Waals surface area contributed by atoms with Gasteiger partial charge >= 0.3 is 0 Å². The molecule has 1 atom stereocenters. The van der Waals surface area contributed by atoms with Gasteiger partial charge in [0.25, 0.3) is 5.91 Å². The standard InChI is InChI=1S/C19H21N3O3S/c1-2-13(15-5-8-18-16(11-15)9-10-21-18)12-22-19(23)14-3-6-17(7-4-14)26(20,24)25/h3-11,13,21H,2,12H2,1H3,(H,22,23)(H2,20,24,25)/t13-/m1/s1. The van der Waals surface area contributed by atoms with Crippen molar-refractivity contribution in [1.82, 2.24) is 10.3 Å². The van der Waals surface area contributed by atoms with Crippen molar-refractivity contribution in [2.45, 2.75) is 24.2 Å². The van der Waals surface area contributed by atoms with Crippen LogP contribution in [0.4, 0.5) is 0 Å². The first-order chi connectivity index (χ1) is 12.4. The molecule has 1 heterocycles. The van der Waals surface area contributed by atoms with E-state index >= 15 is 0 Å². The number of sulfonamides is 1. The predicted octanol–water partition coefficient (Wildman–Crippen LogP) is 2.74. The van der Waals surface area contributed by atoms with Crippen LogP contribution in [0.3, 0.4) is 0 Å². The zero-order valence-corrected chi connectivity index (χ0v) is 15.2. The summed E-state index contributed by atoms with van der Waals surface area (Å²) >= 11 is 0. The summed E-state index contributed by atoms with van der Waals surface area (Å²) in [5.74, 6) is -0.0471. The quantitative estimate of drug-likeness (QED) is 0.620. The van der Waals surface area contributed by atoms with Crippen LogP contribution in [0, 0.1) is 0 Å². The van der Waals surface area contributed by atoms with Gasteiger partial charge in [-0.25, -0.2) is 13.6 Å². The number of rotatable bonds is 6. The van der Waals surface area contributed by atoms with Crippen LogP contribution in [0.2, 0.25) is 0 Å². The van der Waals surface area contributed by atoms with Gasteiger partial charge in [0.15, 0.2) is 0 Å². The Morgan fingerprint density at radius 2 is 1.88 bits per heavy atom. The summed E-state index contributed by atoms with van der Waals surface area (Å²) in [7, 11) is -3.76. The number of benzene rings is 2. The van der Waals surface area contributed by atoms with E-state index in [1.165, 1.54) is 29.8 Å². The molecule has 7 heteroatoms. The fourth-order valence-electron chi connectivity index (χ4n) is 2.94. The number of primary sulfonamides is 1.